The third kappa shape index (κ3) is 2.53. The molecule has 0 radical (unpaired) electrons. The van der Waals surface area contributed by atoms with E-state index in [9.17, 15) is 5.11 Å². The van der Waals surface area contributed by atoms with Crippen LogP contribution in [0.4, 0.5) is 11.8 Å². The van der Waals surface area contributed by atoms with E-state index in [2.05, 4.69) is 25.3 Å². The number of nitrogen functional groups attached to an aromatic ring is 1. The molecule has 7 heteroatoms. The monoisotopic (exact) mass is 276 g/mol. The summed E-state index contributed by atoms with van der Waals surface area (Å²) in [5.41, 5.74) is 7.04. The van der Waals surface area contributed by atoms with E-state index in [-0.39, 0.29) is 12.6 Å². The molecule has 2 atom stereocenters. The first-order chi connectivity index (χ1) is 9.78. The summed E-state index contributed by atoms with van der Waals surface area (Å²) in [7, 11) is 0. The summed E-state index contributed by atoms with van der Waals surface area (Å²) in [6, 6.07) is 0. The highest BCUT2D eigenvalue weighted by Gasteiger charge is 2.24. The maximum Gasteiger partial charge on any atom is 0.224 e. The van der Waals surface area contributed by atoms with Crippen LogP contribution < -0.4 is 11.1 Å². The summed E-state index contributed by atoms with van der Waals surface area (Å²) in [4.78, 5) is 15.4. The van der Waals surface area contributed by atoms with E-state index < -0.39 is 0 Å². The molecule has 1 fully saturated rings. The number of aliphatic hydroxyl groups excluding tert-OH is 1. The Kier molecular flexibility index (Phi) is 3.68. The second kappa shape index (κ2) is 5.62. The third-order valence-corrected chi connectivity index (χ3v) is 4.14. The highest BCUT2D eigenvalue weighted by molar-refractivity contribution is 5.83. The molecule has 5 N–H and O–H groups in total. The molecule has 3 rings (SSSR count). The average Bonchev–Trinajstić information content (AvgIpc) is 2.93. The SMILES string of the molecule is Nc1nc(NCC2CCCCC2CO)c2[nH]cnc2n1. The van der Waals surface area contributed by atoms with E-state index in [1.54, 1.807) is 6.33 Å². The predicted octanol–water partition coefficient (Wildman–Crippen LogP) is 1.15. The average molecular weight is 276 g/mol. The molecule has 2 unspecified atom stereocenters. The molecule has 2 heterocycles. The van der Waals surface area contributed by atoms with Gasteiger partial charge >= 0.3 is 0 Å². The van der Waals surface area contributed by atoms with E-state index in [0.717, 1.165) is 24.9 Å². The number of nitrogens with zero attached hydrogens (tertiary/aromatic N) is 3. The molecule has 2 aromatic rings. The first kappa shape index (κ1) is 13.1. The van der Waals surface area contributed by atoms with Gasteiger partial charge in [-0.25, -0.2) is 4.98 Å². The number of aliphatic hydroxyl groups is 1. The van der Waals surface area contributed by atoms with Crippen molar-refractivity contribution in [2.45, 2.75) is 25.7 Å². The lowest BCUT2D eigenvalue weighted by Crippen LogP contribution is -2.29. The Morgan fingerprint density at radius 1 is 1.30 bits per heavy atom. The molecule has 1 saturated carbocycles. The number of hydrogen-bond donors (Lipinski definition) is 4. The first-order valence-corrected chi connectivity index (χ1v) is 7.09. The molecular weight excluding hydrogens is 256 g/mol. The molecule has 0 aromatic carbocycles. The van der Waals surface area contributed by atoms with E-state index >= 15 is 0 Å². The number of nitrogens with two attached hydrogens (primary N) is 1. The molecular formula is C13H20N6O. The molecule has 20 heavy (non-hydrogen) atoms. The van der Waals surface area contributed by atoms with Gasteiger partial charge < -0.3 is 21.1 Å². The van der Waals surface area contributed by atoms with Crippen LogP contribution in [0.2, 0.25) is 0 Å². The highest BCUT2D eigenvalue weighted by Crippen LogP contribution is 2.30. The van der Waals surface area contributed by atoms with Gasteiger partial charge in [0.25, 0.3) is 0 Å². The fraction of sp³-hybridized carbons (Fsp3) is 0.615. The second-order valence-electron chi connectivity index (χ2n) is 5.40. The lowest BCUT2D eigenvalue weighted by Gasteiger charge is -2.30. The minimum Gasteiger partial charge on any atom is -0.396 e. The summed E-state index contributed by atoms with van der Waals surface area (Å²) in [6.07, 6.45) is 6.28. The van der Waals surface area contributed by atoms with Crippen LogP contribution in [-0.2, 0) is 0 Å². The van der Waals surface area contributed by atoms with Gasteiger partial charge in [0.15, 0.2) is 11.5 Å². The number of anilines is 2. The largest absolute Gasteiger partial charge is 0.396 e. The number of imidazole rings is 1. The highest BCUT2D eigenvalue weighted by atomic mass is 16.3. The van der Waals surface area contributed by atoms with Gasteiger partial charge in [0.1, 0.15) is 5.52 Å². The van der Waals surface area contributed by atoms with Crippen LogP contribution in [0.3, 0.4) is 0 Å². The normalized spacial score (nSPS) is 23.1. The molecule has 108 valence electrons. The van der Waals surface area contributed by atoms with Crippen molar-refractivity contribution in [2.75, 3.05) is 24.2 Å². The third-order valence-electron chi connectivity index (χ3n) is 4.14. The summed E-state index contributed by atoms with van der Waals surface area (Å²) >= 11 is 0. The molecule has 0 spiro atoms. The zero-order chi connectivity index (χ0) is 13.9. The molecule has 0 amide bonds. The van der Waals surface area contributed by atoms with E-state index in [4.69, 9.17) is 5.73 Å². The van der Waals surface area contributed by atoms with Crippen LogP contribution in [0.25, 0.3) is 11.2 Å². The van der Waals surface area contributed by atoms with Crippen molar-refractivity contribution in [2.24, 2.45) is 11.8 Å². The van der Waals surface area contributed by atoms with E-state index in [0.29, 0.717) is 23.3 Å². The number of nitrogens with one attached hydrogen (secondary N) is 2. The molecule has 0 bridgehead atoms. The van der Waals surface area contributed by atoms with Crippen LogP contribution in [0.5, 0.6) is 0 Å². The zero-order valence-electron chi connectivity index (χ0n) is 11.3. The Labute approximate surface area is 117 Å². The van der Waals surface area contributed by atoms with Gasteiger partial charge in [-0.2, -0.15) is 9.97 Å². The molecule has 1 aliphatic carbocycles. The quantitative estimate of drug-likeness (QED) is 0.666. The van der Waals surface area contributed by atoms with Crippen LogP contribution in [0.15, 0.2) is 6.33 Å². The summed E-state index contributed by atoms with van der Waals surface area (Å²) < 4.78 is 0. The minimum absolute atomic E-state index is 0.217. The maximum absolute atomic E-state index is 9.45. The van der Waals surface area contributed by atoms with Crippen molar-refractivity contribution in [3.63, 3.8) is 0 Å². The smallest absolute Gasteiger partial charge is 0.224 e. The standard InChI is InChI=1S/C13H20N6O/c14-13-18-11(10-12(19-13)17-7-16-10)15-5-8-3-1-2-4-9(8)6-20/h7-9,20H,1-6H2,(H4,14,15,16,17,18,19). The van der Waals surface area contributed by atoms with Gasteiger partial charge in [0.05, 0.1) is 6.33 Å². The van der Waals surface area contributed by atoms with Crippen molar-refractivity contribution >= 4 is 22.9 Å². The number of aromatic nitrogens is 4. The molecule has 1 aliphatic rings. The Hall–Kier alpha value is -1.89. The van der Waals surface area contributed by atoms with Gasteiger partial charge in [0.2, 0.25) is 5.95 Å². The number of rotatable bonds is 4. The van der Waals surface area contributed by atoms with E-state index in [1.165, 1.54) is 12.8 Å². The van der Waals surface area contributed by atoms with Crippen molar-refractivity contribution in [3.8, 4) is 0 Å². The summed E-state index contributed by atoms with van der Waals surface area (Å²) in [6.45, 7) is 1.05. The fourth-order valence-electron chi connectivity index (χ4n) is 3.00. The van der Waals surface area contributed by atoms with Gasteiger partial charge in [0, 0.05) is 13.2 Å². The first-order valence-electron chi connectivity index (χ1n) is 7.09. The topological polar surface area (TPSA) is 113 Å². The van der Waals surface area contributed by atoms with Gasteiger partial charge in [-0.15, -0.1) is 0 Å². The van der Waals surface area contributed by atoms with Crippen molar-refractivity contribution in [3.05, 3.63) is 6.33 Å². The Morgan fingerprint density at radius 3 is 2.90 bits per heavy atom. The number of H-pyrrole nitrogens is 1. The van der Waals surface area contributed by atoms with Gasteiger partial charge in [-0.05, 0) is 24.7 Å². The molecule has 0 saturated heterocycles. The maximum atomic E-state index is 9.45. The van der Waals surface area contributed by atoms with Gasteiger partial charge in [-0.3, -0.25) is 0 Å². The Bertz CT molecular complexity index is 583. The van der Waals surface area contributed by atoms with Crippen molar-refractivity contribution < 1.29 is 5.11 Å². The molecule has 0 aliphatic heterocycles. The van der Waals surface area contributed by atoms with E-state index in [1.807, 2.05) is 0 Å². The van der Waals surface area contributed by atoms with Crippen LogP contribution in [0.1, 0.15) is 25.7 Å². The van der Waals surface area contributed by atoms with Crippen molar-refractivity contribution in [1.82, 2.24) is 19.9 Å². The lowest BCUT2D eigenvalue weighted by atomic mass is 9.79. The van der Waals surface area contributed by atoms with Crippen LogP contribution in [0, 0.1) is 11.8 Å². The number of hydrogen-bond acceptors (Lipinski definition) is 6. The Balaban J connectivity index is 1.74. The predicted molar refractivity (Wildman–Crippen MR) is 77.1 cm³/mol. The number of fused-ring (bicyclic) bond motifs is 1. The van der Waals surface area contributed by atoms with Gasteiger partial charge in [-0.1, -0.05) is 12.8 Å². The minimum atomic E-state index is 0.217. The lowest BCUT2D eigenvalue weighted by molar-refractivity contribution is 0.141. The Morgan fingerprint density at radius 2 is 2.10 bits per heavy atom. The van der Waals surface area contributed by atoms with Crippen LogP contribution in [-0.4, -0.2) is 38.2 Å². The second-order valence-corrected chi connectivity index (χ2v) is 5.40. The summed E-state index contributed by atoms with van der Waals surface area (Å²) in [5.74, 6) is 1.76. The van der Waals surface area contributed by atoms with Crippen LogP contribution >= 0.6 is 0 Å². The number of aromatic amines is 1. The summed E-state index contributed by atoms with van der Waals surface area (Å²) in [5, 5.41) is 12.8. The fourth-order valence-corrected chi connectivity index (χ4v) is 3.00. The zero-order valence-corrected chi connectivity index (χ0v) is 11.3. The molecule has 2 aromatic heterocycles. The van der Waals surface area contributed by atoms with Crippen molar-refractivity contribution in [1.29, 1.82) is 0 Å². The molecule has 7 nitrogen and oxygen atoms in total.